The van der Waals surface area contributed by atoms with E-state index >= 15 is 0 Å². The summed E-state index contributed by atoms with van der Waals surface area (Å²) in [5, 5.41) is 9.79. The van der Waals surface area contributed by atoms with Gasteiger partial charge in [-0.15, -0.1) is 0 Å². The highest BCUT2D eigenvalue weighted by Gasteiger charge is 2.28. The summed E-state index contributed by atoms with van der Waals surface area (Å²) in [6, 6.07) is 0. The molecule has 12 heteroatoms. The van der Waals surface area contributed by atoms with Crippen molar-refractivity contribution in [2.75, 3.05) is 26.4 Å². The third kappa shape index (κ3) is 50.4. The van der Waals surface area contributed by atoms with Crippen LogP contribution in [0.3, 0.4) is 0 Å². The van der Waals surface area contributed by atoms with Crippen molar-refractivity contribution in [1.29, 1.82) is 0 Å². The maximum absolute atomic E-state index is 12.9. The van der Waals surface area contributed by atoms with Gasteiger partial charge in [0.15, 0.2) is 6.10 Å². The fraction of sp³-hybridized carbons (Fsp3) is 0.810. The molecule has 3 atom stereocenters. The Bertz CT molecular complexity index is 1360. The Hall–Kier alpha value is -2.56. The second-order valence-corrected chi connectivity index (χ2v) is 20.5. The summed E-state index contributed by atoms with van der Waals surface area (Å²) in [5.74, 6) is -1.49. The Morgan fingerprint density at radius 1 is 0.414 bits per heavy atom. The van der Waals surface area contributed by atoms with Crippen LogP contribution < -0.4 is 0 Å². The Balaban J connectivity index is 4.74. The number of esters is 3. The van der Waals surface area contributed by atoms with E-state index in [4.69, 9.17) is 23.3 Å². The third-order valence-corrected chi connectivity index (χ3v) is 13.2. The Kier molecular flexibility index (Phi) is 50.8. The molecule has 0 aromatic carbocycles. The van der Waals surface area contributed by atoms with Crippen molar-refractivity contribution in [2.24, 2.45) is 0 Å². The molecule has 0 radical (unpaired) electrons. The lowest BCUT2D eigenvalue weighted by Gasteiger charge is -2.21. The Labute approximate surface area is 428 Å². The van der Waals surface area contributed by atoms with E-state index in [1.807, 2.05) is 0 Å². The van der Waals surface area contributed by atoms with Crippen molar-refractivity contribution < 1.29 is 52.2 Å². The van der Waals surface area contributed by atoms with Crippen molar-refractivity contribution >= 4 is 25.7 Å². The summed E-state index contributed by atoms with van der Waals surface area (Å²) < 4.78 is 39.5. The van der Waals surface area contributed by atoms with Crippen LogP contribution in [0.4, 0.5) is 0 Å². The lowest BCUT2D eigenvalue weighted by molar-refractivity contribution is -0.161. The van der Waals surface area contributed by atoms with E-state index < -0.39 is 57.8 Å². The number of ether oxygens (including phenoxy) is 3. The van der Waals surface area contributed by atoms with E-state index in [0.717, 1.165) is 96.3 Å². The number of hydrogen-bond donors (Lipinski definition) is 2. The van der Waals surface area contributed by atoms with Gasteiger partial charge in [-0.25, -0.2) is 4.57 Å². The molecule has 0 aliphatic carbocycles. The maximum Gasteiger partial charge on any atom is 0.472 e. The number of carbonyl (C=O) groups excluding carboxylic acids is 3. The van der Waals surface area contributed by atoms with Crippen LogP contribution >= 0.6 is 7.82 Å². The van der Waals surface area contributed by atoms with Gasteiger partial charge in [0, 0.05) is 19.3 Å². The summed E-state index contributed by atoms with van der Waals surface area (Å²) in [7, 11) is -4.75. The van der Waals surface area contributed by atoms with Crippen LogP contribution in [0, 0.1) is 0 Å². The number of phosphoric acid groups is 1. The summed E-state index contributed by atoms with van der Waals surface area (Å²) in [6.45, 7) is 4.51. The average Bonchev–Trinajstić information content (AvgIpc) is 3.35. The molecule has 0 heterocycles. The molecular weight excluding hydrogens is 904 g/mol. The van der Waals surface area contributed by atoms with Crippen molar-refractivity contribution in [3.63, 3.8) is 0 Å². The van der Waals surface area contributed by atoms with Gasteiger partial charge < -0.3 is 24.2 Å². The molecule has 0 saturated carbocycles. The number of phosphoric ester groups is 1. The fourth-order valence-electron chi connectivity index (χ4n) is 7.90. The fourth-order valence-corrected chi connectivity index (χ4v) is 8.68. The maximum atomic E-state index is 12.9. The van der Waals surface area contributed by atoms with E-state index in [9.17, 15) is 28.9 Å². The van der Waals surface area contributed by atoms with Gasteiger partial charge in [0.1, 0.15) is 12.7 Å². The number of aliphatic hydroxyl groups excluding tert-OH is 1. The molecule has 0 aliphatic rings. The van der Waals surface area contributed by atoms with E-state index in [2.05, 4.69) is 69.4 Å². The zero-order chi connectivity index (χ0) is 51.3. The molecular formula is C58H105O11P. The molecule has 11 nitrogen and oxygen atoms in total. The first-order valence-corrected chi connectivity index (χ1v) is 30.0. The van der Waals surface area contributed by atoms with Crippen molar-refractivity contribution in [2.45, 2.75) is 277 Å². The molecule has 0 spiro atoms. The molecule has 408 valence electrons. The van der Waals surface area contributed by atoms with Crippen LogP contribution in [0.1, 0.15) is 265 Å². The third-order valence-electron chi connectivity index (χ3n) is 12.2. The molecule has 0 saturated heterocycles. The number of aliphatic hydroxyl groups is 1. The van der Waals surface area contributed by atoms with Gasteiger partial charge in [-0.3, -0.25) is 23.4 Å². The van der Waals surface area contributed by atoms with Crippen LogP contribution in [0.5, 0.6) is 0 Å². The second-order valence-electron chi connectivity index (χ2n) is 19.1. The average molecular weight is 1010 g/mol. The minimum Gasteiger partial charge on any atom is -0.462 e. The van der Waals surface area contributed by atoms with Gasteiger partial charge in [-0.05, 0) is 77.0 Å². The normalized spacial score (nSPS) is 13.7. The highest BCUT2D eigenvalue weighted by atomic mass is 31.2. The lowest BCUT2D eigenvalue weighted by atomic mass is 10.0. The molecule has 70 heavy (non-hydrogen) atoms. The number of rotatable bonds is 53. The highest BCUT2D eigenvalue weighted by Crippen LogP contribution is 2.43. The number of allylic oxidation sites excluding steroid dienone is 8. The SMILES string of the molecule is CC/C=C\C/C=C\C/C=C\CCCCCC(=O)OC(CO)COP(=O)(O)OCC(COC(=O)CCCCCCCCCCCCCCCCC)OC(=O)CCCCCCC/C=C\CCCCCCCC. The smallest absolute Gasteiger partial charge is 0.462 e. The van der Waals surface area contributed by atoms with Crippen molar-refractivity contribution in [3.8, 4) is 0 Å². The minimum atomic E-state index is -4.75. The Morgan fingerprint density at radius 2 is 0.743 bits per heavy atom. The molecule has 0 fully saturated rings. The highest BCUT2D eigenvalue weighted by molar-refractivity contribution is 7.47. The zero-order valence-electron chi connectivity index (χ0n) is 45.0. The van der Waals surface area contributed by atoms with Crippen LogP contribution in [0.25, 0.3) is 0 Å². The molecule has 3 unspecified atom stereocenters. The largest absolute Gasteiger partial charge is 0.472 e. The molecule has 2 N–H and O–H groups in total. The predicted molar refractivity (Wildman–Crippen MR) is 289 cm³/mol. The predicted octanol–water partition coefficient (Wildman–Crippen LogP) is 16.6. The zero-order valence-corrected chi connectivity index (χ0v) is 45.9. The van der Waals surface area contributed by atoms with E-state index in [1.165, 1.54) is 109 Å². The molecule has 0 rings (SSSR count). The lowest BCUT2D eigenvalue weighted by Crippen LogP contribution is -2.30. The minimum absolute atomic E-state index is 0.143. The second kappa shape index (κ2) is 52.8. The monoisotopic (exact) mass is 1010 g/mol. The van der Waals surface area contributed by atoms with Crippen LogP contribution in [-0.2, 0) is 42.2 Å². The van der Waals surface area contributed by atoms with E-state index in [-0.39, 0.29) is 25.9 Å². The Morgan fingerprint density at radius 3 is 1.17 bits per heavy atom. The van der Waals surface area contributed by atoms with Crippen molar-refractivity contribution in [1.82, 2.24) is 0 Å². The van der Waals surface area contributed by atoms with Crippen LogP contribution in [-0.4, -0.2) is 66.5 Å². The first kappa shape index (κ1) is 67.4. The van der Waals surface area contributed by atoms with Gasteiger partial charge >= 0.3 is 25.7 Å². The molecule has 0 aromatic heterocycles. The first-order chi connectivity index (χ1) is 34.2. The van der Waals surface area contributed by atoms with E-state index in [1.54, 1.807) is 0 Å². The first-order valence-electron chi connectivity index (χ1n) is 28.5. The van der Waals surface area contributed by atoms with Crippen LogP contribution in [0.15, 0.2) is 48.6 Å². The number of carbonyl (C=O) groups is 3. The van der Waals surface area contributed by atoms with Gasteiger partial charge in [0.25, 0.3) is 0 Å². The molecule has 0 aromatic rings. The topological polar surface area (TPSA) is 155 Å². The van der Waals surface area contributed by atoms with Gasteiger partial charge in [-0.1, -0.05) is 217 Å². The molecule has 0 amide bonds. The molecule has 0 aliphatic heterocycles. The standard InChI is InChI=1S/C58H105O11P/c1-4-7-10-13-16-19-22-25-27-30-32-35-38-41-44-47-56(60)65-51-55(69-58(62)49-46-43-40-37-34-31-28-26-23-20-17-14-11-8-5-2)53-67-70(63,64)66-52-54(50-59)68-57(61)48-45-42-39-36-33-29-24-21-18-15-12-9-6-3/h9,12,18,21,26,28-29,33,54-55,59H,4-8,10-11,13-17,19-20,22-25,27,30-32,34-53H2,1-3H3,(H,63,64)/b12-9-,21-18-,28-26-,33-29-. The number of hydrogen-bond acceptors (Lipinski definition) is 10. The summed E-state index contributed by atoms with van der Waals surface area (Å²) >= 11 is 0. The van der Waals surface area contributed by atoms with Gasteiger partial charge in [-0.2, -0.15) is 0 Å². The van der Waals surface area contributed by atoms with Gasteiger partial charge in [0.05, 0.1) is 19.8 Å². The van der Waals surface area contributed by atoms with Crippen LogP contribution in [0.2, 0.25) is 0 Å². The van der Waals surface area contributed by atoms with Gasteiger partial charge in [0.2, 0.25) is 0 Å². The summed E-state index contributed by atoms with van der Waals surface area (Å²) in [6.07, 6.45) is 55.0. The van der Waals surface area contributed by atoms with E-state index in [0.29, 0.717) is 19.3 Å². The summed E-state index contributed by atoms with van der Waals surface area (Å²) in [4.78, 5) is 48.5. The number of unbranched alkanes of at least 4 members (excludes halogenated alkanes) is 28. The summed E-state index contributed by atoms with van der Waals surface area (Å²) in [5.41, 5.74) is 0. The quantitative estimate of drug-likeness (QED) is 0.0197. The molecule has 0 bridgehead atoms. The van der Waals surface area contributed by atoms with Crippen molar-refractivity contribution in [3.05, 3.63) is 48.6 Å².